The molecule has 1 saturated carbocycles. The smallest absolute Gasteiger partial charge is 0.323 e. The van der Waals surface area contributed by atoms with Crippen LogP contribution in [0.5, 0.6) is 5.75 Å². The van der Waals surface area contributed by atoms with Gasteiger partial charge < -0.3 is 20.1 Å². The van der Waals surface area contributed by atoms with Gasteiger partial charge in [-0.2, -0.15) is 0 Å². The summed E-state index contributed by atoms with van der Waals surface area (Å²) in [7, 11) is 3.07. The number of hydrogen-bond acceptors (Lipinski definition) is 6. The maximum absolute atomic E-state index is 12.4. The number of aromatic nitrogens is 1. The average Bonchev–Trinajstić information content (AvgIpc) is 3.35. The van der Waals surface area contributed by atoms with E-state index in [0.717, 1.165) is 58.1 Å². The Balaban J connectivity index is 1.34. The molecule has 1 heterocycles. The Bertz CT molecular complexity index is 1150. The van der Waals surface area contributed by atoms with Gasteiger partial charge in [0.15, 0.2) is 0 Å². The SMILES string of the molecule is COC(=O)C1CCC(c2ncc(-c3ccc(NC(=O)Nc4ccc(OC)cc4C)cc3)s2)CC1. The number of carbonyl (C=O) groups excluding carboxylic acids is 2. The van der Waals surface area contributed by atoms with Crippen molar-refractivity contribution in [2.45, 2.75) is 38.5 Å². The molecule has 0 spiro atoms. The number of benzene rings is 2. The molecule has 7 nitrogen and oxygen atoms in total. The van der Waals surface area contributed by atoms with Crippen molar-refractivity contribution in [3.05, 3.63) is 59.2 Å². The van der Waals surface area contributed by atoms with Gasteiger partial charge >= 0.3 is 12.0 Å². The van der Waals surface area contributed by atoms with Crippen LogP contribution in [0.2, 0.25) is 0 Å². The predicted molar refractivity (Wildman–Crippen MR) is 135 cm³/mol. The summed E-state index contributed by atoms with van der Waals surface area (Å²) in [5.41, 5.74) is 3.42. The first-order chi connectivity index (χ1) is 16.5. The molecule has 34 heavy (non-hydrogen) atoms. The second-order valence-corrected chi connectivity index (χ2v) is 9.53. The molecule has 3 aromatic rings. The molecule has 2 amide bonds. The van der Waals surface area contributed by atoms with Crippen molar-refractivity contribution in [2.24, 2.45) is 5.92 Å². The molecule has 0 bridgehead atoms. The van der Waals surface area contributed by atoms with Crippen molar-refractivity contribution in [2.75, 3.05) is 24.9 Å². The zero-order chi connectivity index (χ0) is 24.1. The van der Waals surface area contributed by atoms with Crippen LogP contribution in [-0.2, 0) is 9.53 Å². The Morgan fingerprint density at radius 2 is 1.74 bits per heavy atom. The first kappa shape index (κ1) is 23.8. The number of nitrogens with one attached hydrogen (secondary N) is 2. The molecule has 0 aliphatic heterocycles. The number of ether oxygens (including phenoxy) is 2. The van der Waals surface area contributed by atoms with Gasteiger partial charge in [0.05, 0.1) is 30.0 Å². The van der Waals surface area contributed by atoms with Crippen LogP contribution in [0.25, 0.3) is 10.4 Å². The molecule has 178 valence electrons. The number of aryl methyl sites for hydroxylation is 1. The molecule has 8 heteroatoms. The fraction of sp³-hybridized carbons (Fsp3) is 0.346. The molecule has 1 aliphatic rings. The monoisotopic (exact) mass is 479 g/mol. The van der Waals surface area contributed by atoms with Crippen molar-refractivity contribution >= 4 is 34.7 Å². The number of hydrogen-bond donors (Lipinski definition) is 2. The Hall–Kier alpha value is -3.39. The lowest BCUT2D eigenvalue weighted by atomic mass is 9.82. The normalized spacial score (nSPS) is 17.6. The van der Waals surface area contributed by atoms with E-state index in [1.165, 1.54) is 7.11 Å². The van der Waals surface area contributed by atoms with Crippen LogP contribution in [-0.4, -0.2) is 31.2 Å². The van der Waals surface area contributed by atoms with Gasteiger partial charge in [0, 0.05) is 23.5 Å². The van der Waals surface area contributed by atoms with E-state index in [4.69, 9.17) is 9.47 Å². The van der Waals surface area contributed by atoms with Crippen LogP contribution >= 0.6 is 11.3 Å². The maximum Gasteiger partial charge on any atom is 0.323 e. The van der Waals surface area contributed by atoms with Crippen LogP contribution in [0.4, 0.5) is 16.2 Å². The molecule has 0 unspecified atom stereocenters. The minimum Gasteiger partial charge on any atom is -0.497 e. The molecule has 0 radical (unpaired) electrons. The van der Waals surface area contributed by atoms with Crippen molar-refractivity contribution in [1.82, 2.24) is 4.98 Å². The van der Waals surface area contributed by atoms with Crippen molar-refractivity contribution < 1.29 is 19.1 Å². The topological polar surface area (TPSA) is 89.5 Å². The number of methoxy groups -OCH3 is 2. The fourth-order valence-electron chi connectivity index (χ4n) is 4.26. The van der Waals surface area contributed by atoms with Gasteiger partial charge in [0.2, 0.25) is 0 Å². The van der Waals surface area contributed by atoms with Crippen molar-refractivity contribution in [3.63, 3.8) is 0 Å². The second-order valence-electron chi connectivity index (χ2n) is 8.47. The van der Waals surface area contributed by atoms with Crippen molar-refractivity contribution in [3.8, 4) is 16.2 Å². The summed E-state index contributed by atoms with van der Waals surface area (Å²) in [6, 6.07) is 12.9. The first-order valence-electron chi connectivity index (χ1n) is 11.3. The number of rotatable bonds is 6. The largest absolute Gasteiger partial charge is 0.497 e. The van der Waals surface area contributed by atoms with Crippen LogP contribution < -0.4 is 15.4 Å². The quantitative estimate of drug-likeness (QED) is 0.410. The Morgan fingerprint density at radius 1 is 1.00 bits per heavy atom. The first-order valence-corrected chi connectivity index (χ1v) is 12.1. The zero-order valence-corrected chi connectivity index (χ0v) is 20.4. The molecule has 4 rings (SSSR count). The van der Waals surface area contributed by atoms with Gasteiger partial charge in [0.1, 0.15) is 5.75 Å². The maximum atomic E-state index is 12.4. The van der Waals surface area contributed by atoms with Gasteiger partial charge in [-0.05, 0) is 74.1 Å². The van der Waals surface area contributed by atoms with Gasteiger partial charge in [-0.1, -0.05) is 12.1 Å². The lowest BCUT2D eigenvalue weighted by molar-refractivity contribution is -0.146. The standard InChI is InChI=1S/C26H29N3O4S/c1-16-14-21(32-2)12-13-22(16)29-26(31)28-20-10-8-17(9-11-20)23-15-27-24(34-23)18-4-6-19(7-5-18)25(30)33-3/h8-15,18-19H,4-7H2,1-3H3,(H2,28,29,31). The number of thiazole rings is 1. The summed E-state index contributed by atoms with van der Waals surface area (Å²) in [6.45, 7) is 1.92. The summed E-state index contributed by atoms with van der Waals surface area (Å²) >= 11 is 1.70. The molecular formula is C26H29N3O4S. The highest BCUT2D eigenvalue weighted by Crippen LogP contribution is 2.39. The zero-order valence-electron chi connectivity index (χ0n) is 19.6. The van der Waals surface area contributed by atoms with E-state index >= 15 is 0 Å². The van der Waals surface area contributed by atoms with E-state index in [1.807, 2.05) is 55.6 Å². The minimum atomic E-state index is -0.302. The highest BCUT2D eigenvalue weighted by Gasteiger charge is 2.29. The number of nitrogens with zero attached hydrogens (tertiary/aromatic N) is 1. The summed E-state index contributed by atoms with van der Waals surface area (Å²) in [5, 5.41) is 6.86. The van der Waals surface area contributed by atoms with Crippen molar-refractivity contribution in [1.29, 1.82) is 0 Å². The molecule has 1 aromatic heterocycles. The Kier molecular flexibility index (Phi) is 7.47. The van der Waals surface area contributed by atoms with E-state index in [2.05, 4.69) is 15.6 Å². The highest BCUT2D eigenvalue weighted by atomic mass is 32.1. The van der Waals surface area contributed by atoms with E-state index in [9.17, 15) is 9.59 Å². The number of urea groups is 1. The third-order valence-corrected chi connectivity index (χ3v) is 7.45. The van der Waals surface area contributed by atoms with Gasteiger partial charge in [-0.15, -0.1) is 11.3 Å². The van der Waals surface area contributed by atoms with Crippen LogP contribution in [0.15, 0.2) is 48.7 Å². The molecule has 1 fully saturated rings. The average molecular weight is 480 g/mol. The van der Waals surface area contributed by atoms with Crippen LogP contribution in [0.3, 0.4) is 0 Å². The highest BCUT2D eigenvalue weighted by molar-refractivity contribution is 7.15. The Labute approximate surface area is 203 Å². The van der Waals surface area contributed by atoms with Crippen LogP contribution in [0, 0.1) is 12.8 Å². The summed E-state index contributed by atoms with van der Waals surface area (Å²) < 4.78 is 10.1. The lowest BCUT2D eigenvalue weighted by Crippen LogP contribution is -2.22. The predicted octanol–water partition coefficient (Wildman–Crippen LogP) is 6.22. The van der Waals surface area contributed by atoms with Gasteiger partial charge in [0.25, 0.3) is 0 Å². The Morgan fingerprint density at radius 3 is 2.38 bits per heavy atom. The third kappa shape index (κ3) is 5.56. The van der Waals surface area contributed by atoms with E-state index in [0.29, 0.717) is 11.6 Å². The summed E-state index contributed by atoms with van der Waals surface area (Å²) in [5.74, 6) is 1.07. The molecule has 1 aliphatic carbocycles. The molecule has 0 saturated heterocycles. The van der Waals surface area contributed by atoms with E-state index < -0.39 is 0 Å². The number of carbonyl (C=O) groups is 2. The summed E-state index contributed by atoms with van der Waals surface area (Å²) in [6.07, 6.45) is 5.53. The number of esters is 1. The third-order valence-electron chi connectivity index (χ3n) is 6.24. The molecular weight excluding hydrogens is 450 g/mol. The number of anilines is 2. The molecule has 2 aromatic carbocycles. The fourth-order valence-corrected chi connectivity index (χ4v) is 5.35. The lowest BCUT2D eigenvalue weighted by Gasteiger charge is -2.25. The summed E-state index contributed by atoms with van der Waals surface area (Å²) in [4.78, 5) is 29.9. The molecule has 2 N–H and O–H groups in total. The minimum absolute atomic E-state index is 0.0200. The van der Waals surface area contributed by atoms with E-state index in [-0.39, 0.29) is 17.9 Å². The number of amides is 2. The van der Waals surface area contributed by atoms with Crippen LogP contribution in [0.1, 0.15) is 42.2 Å². The molecule has 0 atom stereocenters. The van der Waals surface area contributed by atoms with E-state index in [1.54, 1.807) is 18.4 Å². The van der Waals surface area contributed by atoms with Gasteiger partial charge in [-0.3, -0.25) is 4.79 Å². The van der Waals surface area contributed by atoms with Gasteiger partial charge in [-0.25, -0.2) is 9.78 Å². The second kappa shape index (κ2) is 10.7.